The maximum absolute atomic E-state index is 12.4. The van der Waals surface area contributed by atoms with Gasteiger partial charge in [-0.05, 0) is 76.3 Å². The van der Waals surface area contributed by atoms with Crippen LogP contribution in [0, 0.1) is 11.8 Å². The van der Waals surface area contributed by atoms with Gasteiger partial charge in [-0.1, -0.05) is 37.3 Å². The Morgan fingerprint density at radius 1 is 1.00 bits per heavy atom. The van der Waals surface area contributed by atoms with Crippen LogP contribution in [-0.4, -0.2) is 55.0 Å². The van der Waals surface area contributed by atoms with E-state index in [0.29, 0.717) is 0 Å². The van der Waals surface area contributed by atoms with Crippen LogP contribution in [0.4, 0.5) is 0 Å². The lowest BCUT2D eigenvalue weighted by atomic mass is 9.95. The first-order valence-corrected chi connectivity index (χ1v) is 10.5. The van der Waals surface area contributed by atoms with Gasteiger partial charge in [0.15, 0.2) is 0 Å². The van der Waals surface area contributed by atoms with Crippen molar-refractivity contribution >= 4 is 5.91 Å². The Bertz CT molecular complexity index is 532. The molecule has 0 aromatic heterocycles. The quantitative estimate of drug-likeness (QED) is 0.762. The summed E-state index contributed by atoms with van der Waals surface area (Å²) < 4.78 is 0. The number of benzene rings is 1. The maximum atomic E-state index is 12.4. The Kier molecular flexibility index (Phi) is 7.51. The third kappa shape index (κ3) is 6.10. The van der Waals surface area contributed by atoms with E-state index in [-0.39, 0.29) is 11.8 Å². The van der Waals surface area contributed by atoms with Gasteiger partial charge in [-0.3, -0.25) is 9.69 Å². The van der Waals surface area contributed by atoms with Gasteiger partial charge < -0.3 is 10.2 Å². The molecule has 2 aliphatic rings. The molecular weight excluding hydrogens is 322 g/mol. The second-order valence-corrected chi connectivity index (χ2v) is 8.20. The average molecular weight is 358 g/mol. The molecule has 2 fully saturated rings. The normalized spacial score (nSPS) is 21.0. The van der Waals surface area contributed by atoms with Gasteiger partial charge >= 0.3 is 0 Å². The van der Waals surface area contributed by atoms with Crippen molar-refractivity contribution in [3.8, 4) is 0 Å². The van der Waals surface area contributed by atoms with Crippen molar-refractivity contribution in [2.75, 3.05) is 39.3 Å². The van der Waals surface area contributed by atoms with Crippen LogP contribution in [0.15, 0.2) is 30.3 Å². The van der Waals surface area contributed by atoms with Gasteiger partial charge in [-0.15, -0.1) is 0 Å². The van der Waals surface area contributed by atoms with Crippen molar-refractivity contribution < 1.29 is 4.79 Å². The summed E-state index contributed by atoms with van der Waals surface area (Å²) in [6.45, 7) is 9.83. The minimum Gasteiger partial charge on any atom is -0.356 e. The highest BCUT2D eigenvalue weighted by Gasteiger charge is 2.24. The van der Waals surface area contributed by atoms with Gasteiger partial charge in [0.2, 0.25) is 5.91 Å². The fraction of sp³-hybridized carbons (Fsp3) is 0.682. The average Bonchev–Trinajstić information content (AvgIpc) is 2.68. The summed E-state index contributed by atoms with van der Waals surface area (Å²) in [4.78, 5) is 17.4. The van der Waals surface area contributed by atoms with Crippen molar-refractivity contribution in [2.45, 2.75) is 45.6 Å². The summed E-state index contributed by atoms with van der Waals surface area (Å²) in [5.74, 6) is 1.37. The highest BCUT2D eigenvalue weighted by atomic mass is 16.1. The third-order valence-corrected chi connectivity index (χ3v) is 6.03. The molecule has 1 aromatic rings. The number of piperidine rings is 2. The molecule has 2 saturated heterocycles. The number of likely N-dealkylation sites (tertiary alicyclic amines) is 2. The molecule has 0 aliphatic carbocycles. The lowest BCUT2D eigenvalue weighted by molar-refractivity contribution is -0.126. The topological polar surface area (TPSA) is 35.6 Å². The first-order valence-electron chi connectivity index (χ1n) is 10.5. The fourth-order valence-corrected chi connectivity index (χ4v) is 4.14. The molecule has 144 valence electrons. The zero-order valence-corrected chi connectivity index (χ0v) is 16.3. The van der Waals surface area contributed by atoms with Crippen molar-refractivity contribution in [1.82, 2.24) is 15.1 Å². The number of rotatable bonds is 7. The Morgan fingerprint density at radius 3 is 2.35 bits per heavy atom. The van der Waals surface area contributed by atoms with E-state index in [1.807, 2.05) is 0 Å². The molecule has 4 heteroatoms. The van der Waals surface area contributed by atoms with E-state index >= 15 is 0 Å². The smallest absolute Gasteiger partial charge is 0.223 e. The molecule has 3 rings (SSSR count). The van der Waals surface area contributed by atoms with Crippen molar-refractivity contribution in [1.29, 1.82) is 0 Å². The van der Waals surface area contributed by atoms with Gasteiger partial charge in [0.1, 0.15) is 0 Å². The largest absolute Gasteiger partial charge is 0.356 e. The molecule has 0 bridgehead atoms. The number of amides is 1. The minimum absolute atomic E-state index is 0.206. The predicted octanol–water partition coefficient (Wildman–Crippen LogP) is 3.14. The number of carbonyl (C=O) groups is 1. The van der Waals surface area contributed by atoms with E-state index in [1.54, 1.807) is 0 Å². The van der Waals surface area contributed by atoms with Crippen LogP contribution in [0.1, 0.15) is 44.6 Å². The van der Waals surface area contributed by atoms with Gasteiger partial charge in [-0.2, -0.15) is 0 Å². The van der Waals surface area contributed by atoms with Crippen molar-refractivity contribution in [3.05, 3.63) is 35.9 Å². The molecule has 26 heavy (non-hydrogen) atoms. The fourth-order valence-electron chi connectivity index (χ4n) is 4.14. The monoisotopic (exact) mass is 357 g/mol. The van der Waals surface area contributed by atoms with Gasteiger partial charge in [0.25, 0.3) is 0 Å². The third-order valence-electron chi connectivity index (χ3n) is 6.03. The van der Waals surface area contributed by atoms with E-state index in [9.17, 15) is 4.79 Å². The first kappa shape index (κ1) is 19.4. The summed E-state index contributed by atoms with van der Waals surface area (Å²) in [6.07, 6.45) is 5.71. The highest BCUT2D eigenvalue weighted by molar-refractivity contribution is 5.78. The molecule has 1 amide bonds. The first-order chi connectivity index (χ1) is 12.7. The molecule has 2 heterocycles. The van der Waals surface area contributed by atoms with Crippen LogP contribution < -0.4 is 5.32 Å². The van der Waals surface area contributed by atoms with Gasteiger partial charge in [-0.25, -0.2) is 0 Å². The highest BCUT2D eigenvalue weighted by Crippen LogP contribution is 2.19. The number of nitrogens with zero attached hydrogens (tertiary/aromatic N) is 2. The minimum atomic E-state index is 0.206. The predicted molar refractivity (Wildman–Crippen MR) is 107 cm³/mol. The molecule has 0 saturated carbocycles. The van der Waals surface area contributed by atoms with Crippen LogP contribution in [0.25, 0.3) is 0 Å². The molecule has 0 atom stereocenters. The Hall–Kier alpha value is -1.39. The standard InChI is InChI=1S/C22H35N3O/c1-19-8-14-24(15-9-19)13-5-12-23-22(26)21-10-16-25(17-11-21)18-20-6-3-2-4-7-20/h2-4,6-7,19,21H,5,8-18H2,1H3,(H,23,26). The van der Waals surface area contributed by atoms with Crippen molar-refractivity contribution in [3.63, 3.8) is 0 Å². The lowest BCUT2D eigenvalue weighted by Crippen LogP contribution is -2.41. The zero-order valence-electron chi connectivity index (χ0n) is 16.3. The Morgan fingerprint density at radius 2 is 1.65 bits per heavy atom. The van der Waals surface area contributed by atoms with Crippen LogP contribution in [0.5, 0.6) is 0 Å². The number of carbonyl (C=O) groups excluding carboxylic acids is 1. The molecule has 0 unspecified atom stereocenters. The van der Waals surface area contributed by atoms with Crippen molar-refractivity contribution in [2.24, 2.45) is 11.8 Å². The second kappa shape index (κ2) is 10.1. The molecule has 1 N–H and O–H groups in total. The summed E-state index contributed by atoms with van der Waals surface area (Å²) in [6, 6.07) is 10.6. The van der Waals surface area contributed by atoms with Crippen LogP contribution >= 0.6 is 0 Å². The number of hydrogen-bond acceptors (Lipinski definition) is 3. The van der Waals surface area contributed by atoms with Crippen LogP contribution in [0.2, 0.25) is 0 Å². The lowest BCUT2D eigenvalue weighted by Gasteiger charge is -2.31. The van der Waals surface area contributed by atoms with E-state index in [0.717, 1.165) is 57.9 Å². The molecule has 0 radical (unpaired) electrons. The van der Waals surface area contributed by atoms with Gasteiger partial charge in [0.05, 0.1) is 0 Å². The van der Waals surface area contributed by atoms with Crippen LogP contribution in [0.3, 0.4) is 0 Å². The van der Waals surface area contributed by atoms with Gasteiger partial charge in [0, 0.05) is 19.0 Å². The summed E-state index contributed by atoms with van der Waals surface area (Å²) >= 11 is 0. The second-order valence-electron chi connectivity index (χ2n) is 8.20. The Balaban J connectivity index is 1.27. The zero-order chi connectivity index (χ0) is 18.2. The molecule has 2 aliphatic heterocycles. The maximum Gasteiger partial charge on any atom is 0.223 e. The van der Waals surface area contributed by atoms with E-state index in [2.05, 4.69) is 52.4 Å². The Labute approximate surface area is 158 Å². The molecule has 4 nitrogen and oxygen atoms in total. The van der Waals surface area contributed by atoms with E-state index in [1.165, 1.54) is 31.5 Å². The van der Waals surface area contributed by atoms with Crippen LogP contribution in [-0.2, 0) is 11.3 Å². The SMILES string of the molecule is CC1CCN(CCCNC(=O)C2CCN(Cc3ccccc3)CC2)CC1. The molecule has 0 spiro atoms. The summed E-state index contributed by atoms with van der Waals surface area (Å²) in [7, 11) is 0. The summed E-state index contributed by atoms with van der Waals surface area (Å²) in [5.41, 5.74) is 1.36. The summed E-state index contributed by atoms with van der Waals surface area (Å²) in [5, 5.41) is 3.18. The number of hydrogen-bond donors (Lipinski definition) is 1. The molecular formula is C22H35N3O. The van der Waals surface area contributed by atoms with E-state index in [4.69, 9.17) is 0 Å². The van der Waals surface area contributed by atoms with E-state index < -0.39 is 0 Å². The molecule has 1 aromatic carbocycles. The number of nitrogens with one attached hydrogen (secondary N) is 1.